The van der Waals surface area contributed by atoms with Crippen LogP contribution in [0, 0.1) is 11.6 Å². The van der Waals surface area contributed by atoms with Gasteiger partial charge in [-0.3, -0.25) is 14.3 Å². The fourth-order valence-electron chi connectivity index (χ4n) is 2.81. The summed E-state index contributed by atoms with van der Waals surface area (Å²) in [7, 11) is -3.94. The van der Waals surface area contributed by atoms with Crippen molar-refractivity contribution in [2.45, 2.75) is 11.8 Å². The highest BCUT2D eigenvalue weighted by atomic mass is 32.2. The van der Waals surface area contributed by atoms with Crippen LogP contribution in [0.25, 0.3) is 0 Å². The molecule has 33 heavy (non-hydrogen) atoms. The molecule has 4 N–H and O–H groups in total. The number of carbonyl (C=O) groups is 2. The minimum absolute atomic E-state index is 0.000586. The number of carbonyl (C=O) groups excluding carboxylic acids is 2. The number of amides is 2. The Hall–Kier alpha value is -3.99. The molecule has 2 amide bonds. The second kappa shape index (κ2) is 9.65. The van der Waals surface area contributed by atoms with Crippen LogP contribution < -0.4 is 20.5 Å². The summed E-state index contributed by atoms with van der Waals surface area (Å²) >= 11 is 0. The van der Waals surface area contributed by atoms with Gasteiger partial charge in [0.2, 0.25) is 0 Å². The largest absolute Gasteiger partial charge is 0.494 e. The summed E-state index contributed by atoms with van der Waals surface area (Å²) in [5.41, 5.74) is 4.30. The highest BCUT2D eigenvalue weighted by Crippen LogP contribution is 2.22. The Morgan fingerprint density at radius 2 is 1.61 bits per heavy atom. The van der Waals surface area contributed by atoms with Crippen molar-refractivity contribution in [3.05, 3.63) is 83.4 Å². The van der Waals surface area contributed by atoms with Crippen molar-refractivity contribution in [3.63, 3.8) is 0 Å². The van der Waals surface area contributed by atoms with Gasteiger partial charge in [0.15, 0.2) is 0 Å². The van der Waals surface area contributed by atoms with Crippen molar-refractivity contribution >= 4 is 33.2 Å². The number of halogens is 2. The standard InChI is InChI=1S/C22H19F2N3O5S/c1-2-32-15-7-5-14(6-8-15)27-33(30,31)16-9-3-13(4-10-16)22(29)26-20-11-17(21(25)28)18(23)12-19(20)24/h3-12,27H,2H2,1H3,(H2,25,28)(H,26,29). The monoisotopic (exact) mass is 475 g/mol. The topological polar surface area (TPSA) is 128 Å². The molecule has 0 radical (unpaired) electrons. The van der Waals surface area contributed by atoms with Crippen LogP contribution in [-0.2, 0) is 10.0 Å². The summed E-state index contributed by atoms with van der Waals surface area (Å²) in [4.78, 5) is 23.5. The lowest BCUT2D eigenvalue weighted by molar-refractivity contribution is 0.0992. The van der Waals surface area contributed by atoms with Crippen molar-refractivity contribution in [1.82, 2.24) is 0 Å². The third-order valence-electron chi connectivity index (χ3n) is 4.41. The van der Waals surface area contributed by atoms with Gasteiger partial charge in [0.05, 0.1) is 22.8 Å². The Balaban J connectivity index is 1.74. The minimum Gasteiger partial charge on any atom is -0.494 e. The van der Waals surface area contributed by atoms with E-state index < -0.39 is 44.7 Å². The zero-order valence-corrected chi connectivity index (χ0v) is 18.1. The first-order valence-electron chi connectivity index (χ1n) is 9.56. The van der Waals surface area contributed by atoms with Crippen LogP contribution in [0.15, 0.2) is 65.6 Å². The van der Waals surface area contributed by atoms with E-state index in [4.69, 9.17) is 10.5 Å². The number of benzene rings is 3. The third kappa shape index (κ3) is 5.63. The lowest BCUT2D eigenvalue weighted by Gasteiger charge is -2.11. The van der Waals surface area contributed by atoms with Gasteiger partial charge in [-0.25, -0.2) is 17.2 Å². The molecular formula is C22H19F2N3O5S. The zero-order valence-electron chi connectivity index (χ0n) is 17.3. The SMILES string of the molecule is CCOc1ccc(NS(=O)(=O)c2ccc(C(=O)Nc3cc(C(N)=O)c(F)cc3F)cc2)cc1. The summed E-state index contributed by atoms with van der Waals surface area (Å²) in [5.74, 6) is -3.61. The molecule has 11 heteroatoms. The van der Waals surface area contributed by atoms with Gasteiger partial charge in [0.25, 0.3) is 21.8 Å². The maximum atomic E-state index is 14.0. The normalized spacial score (nSPS) is 11.0. The zero-order chi connectivity index (χ0) is 24.2. The molecule has 3 rings (SSSR count). The average molecular weight is 475 g/mol. The van der Waals surface area contributed by atoms with Crippen molar-refractivity contribution in [1.29, 1.82) is 0 Å². The van der Waals surface area contributed by atoms with E-state index >= 15 is 0 Å². The Morgan fingerprint density at radius 1 is 0.970 bits per heavy atom. The number of nitrogens with two attached hydrogens (primary N) is 1. The number of nitrogens with one attached hydrogen (secondary N) is 2. The van der Waals surface area contributed by atoms with Gasteiger partial charge in [-0.15, -0.1) is 0 Å². The molecule has 0 spiro atoms. The van der Waals surface area contributed by atoms with E-state index in [0.717, 1.165) is 6.07 Å². The number of primary amides is 1. The third-order valence-corrected chi connectivity index (χ3v) is 5.81. The second-order valence-electron chi connectivity index (χ2n) is 6.72. The molecule has 0 aliphatic rings. The van der Waals surface area contributed by atoms with E-state index in [2.05, 4.69) is 10.0 Å². The number of rotatable bonds is 8. The summed E-state index contributed by atoms with van der Waals surface area (Å²) in [6, 6.07) is 12.4. The number of hydrogen-bond donors (Lipinski definition) is 3. The number of anilines is 2. The Kier molecular flexibility index (Phi) is 6.92. The fourth-order valence-corrected chi connectivity index (χ4v) is 3.87. The molecule has 0 aliphatic heterocycles. The molecule has 3 aromatic carbocycles. The van der Waals surface area contributed by atoms with E-state index in [1.807, 2.05) is 6.92 Å². The maximum Gasteiger partial charge on any atom is 0.261 e. The van der Waals surface area contributed by atoms with E-state index in [1.165, 1.54) is 24.3 Å². The quantitative estimate of drug-likeness (QED) is 0.459. The molecule has 172 valence electrons. The van der Waals surface area contributed by atoms with Crippen LogP contribution in [0.5, 0.6) is 5.75 Å². The molecule has 0 heterocycles. The average Bonchev–Trinajstić information content (AvgIpc) is 2.76. The molecule has 0 fully saturated rings. The van der Waals surface area contributed by atoms with E-state index in [9.17, 15) is 26.8 Å². The van der Waals surface area contributed by atoms with Crippen LogP contribution in [0.4, 0.5) is 20.2 Å². The smallest absolute Gasteiger partial charge is 0.261 e. The maximum absolute atomic E-state index is 14.0. The molecule has 0 saturated carbocycles. The minimum atomic E-state index is -3.94. The van der Waals surface area contributed by atoms with Crippen LogP contribution in [0.2, 0.25) is 0 Å². The van der Waals surface area contributed by atoms with Crippen molar-refractivity contribution in [2.24, 2.45) is 5.73 Å². The van der Waals surface area contributed by atoms with Gasteiger partial charge in [-0.2, -0.15) is 0 Å². The first-order chi connectivity index (χ1) is 15.6. The molecule has 3 aromatic rings. The predicted octanol–water partition coefficient (Wildman–Crippen LogP) is 3.52. The summed E-state index contributed by atoms with van der Waals surface area (Å²) < 4.78 is 60.4. The van der Waals surface area contributed by atoms with Crippen molar-refractivity contribution in [2.75, 3.05) is 16.6 Å². The van der Waals surface area contributed by atoms with Crippen LogP contribution >= 0.6 is 0 Å². The number of hydrogen-bond acceptors (Lipinski definition) is 5. The first-order valence-corrected chi connectivity index (χ1v) is 11.0. The van der Waals surface area contributed by atoms with Crippen LogP contribution in [-0.4, -0.2) is 26.8 Å². The van der Waals surface area contributed by atoms with Crippen molar-refractivity contribution in [3.8, 4) is 5.75 Å². The van der Waals surface area contributed by atoms with E-state index in [-0.39, 0.29) is 10.5 Å². The Labute approximate surface area is 188 Å². The number of sulfonamides is 1. The first kappa shape index (κ1) is 23.7. The van der Waals surface area contributed by atoms with Gasteiger partial charge in [0, 0.05) is 17.3 Å². The molecule has 0 aromatic heterocycles. The van der Waals surface area contributed by atoms with Gasteiger partial charge < -0.3 is 15.8 Å². The van der Waals surface area contributed by atoms with E-state index in [1.54, 1.807) is 24.3 Å². The van der Waals surface area contributed by atoms with Gasteiger partial charge in [-0.1, -0.05) is 0 Å². The molecule has 8 nitrogen and oxygen atoms in total. The Bertz CT molecular complexity index is 1290. The number of ether oxygens (including phenoxy) is 1. The van der Waals surface area contributed by atoms with Gasteiger partial charge in [-0.05, 0) is 61.5 Å². The molecule has 0 atom stereocenters. The van der Waals surface area contributed by atoms with Crippen molar-refractivity contribution < 1.29 is 31.5 Å². The highest BCUT2D eigenvalue weighted by Gasteiger charge is 2.18. The summed E-state index contributed by atoms with van der Waals surface area (Å²) in [6.45, 7) is 2.31. The molecule has 0 saturated heterocycles. The highest BCUT2D eigenvalue weighted by molar-refractivity contribution is 7.92. The Morgan fingerprint density at radius 3 is 2.18 bits per heavy atom. The summed E-state index contributed by atoms with van der Waals surface area (Å²) in [5, 5.41) is 2.20. The lowest BCUT2D eigenvalue weighted by atomic mass is 10.1. The van der Waals surface area contributed by atoms with Crippen LogP contribution in [0.3, 0.4) is 0 Å². The fraction of sp³-hybridized carbons (Fsp3) is 0.0909. The second-order valence-corrected chi connectivity index (χ2v) is 8.40. The molecule has 0 aliphatic carbocycles. The molecule has 0 unspecified atom stereocenters. The van der Waals surface area contributed by atoms with E-state index in [0.29, 0.717) is 24.1 Å². The molecular weight excluding hydrogens is 456 g/mol. The molecule has 0 bridgehead atoms. The predicted molar refractivity (Wildman–Crippen MR) is 118 cm³/mol. The van der Waals surface area contributed by atoms with Crippen LogP contribution in [0.1, 0.15) is 27.6 Å². The van der Waals surface area contributed by atoms with Gasteiger partial charge >= 0.3 is 0 Å². The van der Waals surface area contributed by atoms with Gasteiger partial charge in [0.1, 0.15) is 17.4 Å². The summed E-state index contributed by atoms with van der Waals surface area (Å²) in [6.07, 6.45) is 0. The lowest BCUT2D eigenvalue weighted by Crippen LogP contribution is -2.17.